The minimum atomic E-state index is -1.04. The van der Waals surface area contributed by atoms with E-state index in [0.717, 1.165) is 11.3 Å². The van der Waals surface area contributed by atoms with E-state index >= 15 is 0 Å². The highest BCUT2D eigenvalue weighted by molar-refractivity contribution is 5.79. The molecule has 0 heterocycles. The SMILES string of the molecule is COc1ccc(COCC(=O)N[C@H](CC(=O)O)c2ccc(OC)c(OC)c2)cc1. The highest BCUT2D eigenvalue weighted by atomic mass is 16.5. The molecule has 29 heavy (non-hydrogen) atoms. The molecule has 2 aromatic carbocycles. The van der Waals surface area contributed by atoms with Gasteiger partial charge in [0.25, 0.3) is 0 Å². The first-order chi connectivity index (χ1) is 14.0. The lowest BCUT2D eigenvalue weighted by Gasteiger charge is -2.19. The summed E-state index contributed by atoms with van der Waals surface area (Å²) in [4.78, 5) is 23.5. The minimum Gasteiger partial charge on any atom is -0.497 e. The Morgan fingerprint density at radius 3 is 2.24 bits per heavy atom. The van der Waals surface area contributed by atoms with E-state index in [1.807, 2.05) is 12.1 Å². The topological polar surface area (TPSA) is 103 Å². The number of aliphatic carboxylic acids is 1. The quantitative estimate of drug-likeness (QED) is 0.594. The number of benzene rings is 2. The lowest BCUT2D eigenvalue weighted by molar-refractivity contribution is -0.138. The van der Waals surface area contributed by atoms with Gasteiger partial charge in [-0.25, -0.2) is 0 Å². The number of carboxylic acids is 1. The zero-order valence-corrected chi connectivity index (χ0v) is 16.6. The normalized spacial score (nSPS) is 11.4. The molecule has 156 valence electrons. The number of nitrogens with one attached hydrogen (secondary N) is 1. The number of ether oxygens (including phenoxy) is 4. The molecule has 0 aromatic heterocycles. The number of carbonyl (C=O) groups excluding carboxylic acids is 1. The van der Waals surface area contributed by atoms with E-state index in [9.17, 15) is 14.7 Å². The van der Waals surface area contributed by atoms with Crippen LogP contribution >= 0.6 is 0 Å². The Morgan fingerprint density at radius 1 is 0.966 bits per heavy atom. The molecule has 2 rings (SSSR count). The third kappa shape index (κ3) is 6.69. The van der Waals surface area contributed by atoms with Crippen molar-refractivity contribution in [3.05, 3.63) is 53.6 Å². The maximum Gasteiger partial charge on any atom is 0.305 e. The third-order valence-corrected chi connectivity index (χ3v) is 4.18. The molecule has 0 aliphatic rings. The summed E-state index contributed by atoms with van der Waals surface area (Å²) < 4.78 is 21.0. The zero-order chi connectivity index (χ0) is 21.2. The Labute approximate surface area is 169 Å². The van der Waals surface area contributed by atoms with Crippen molar-refractivity contribution in [2.75, 3.05) is 27.9 Å². The highest BCUT2D eigenvalue weighted by Crippen LogP contribution is 2.31. The number of rotatable bonds is 11. The second-order valence-corrected chi connectivity index (χ2v) is 6.17. The van der Waals surface area contributed by atoms with Crippen molar-refractivity contribution in [3.8, 4) is 17.2 Å². The van der Waals surface area contributed by atoms with Crippen LogP contribution in [0.4, 0.5) is 0 Å². The summed E-state index contributed by atoms with van der Waals surface area (Å²) >= 11 is 0. The fourth-order valence-corrected chi connectivity index (χ4v) is 2.72. The maximum atomic E-state index is 12.3. The molecular formula is C21H25NO7. The Bertz CT molecular complexity index is 820. The molecular weight excluding hydrogens is 378 g/mol. The van der Waals surface area contributed by atoms with Gasteiger partial charge < -0.3 is 29.4 Å². The van der Waals surface area contributed by atoms with Crippen LogP contribution in [0.1, 0.15) is 23.6 Å². The zero-order valence-electron chi connectivity index (χ0n) is 16.6. The number of carbonyl (C=O) groups is 2. The van der Waals surface area contributed by atoms with Crippen molar-refractivity contribution in [1.82, 2.24) is 5.32 Å². The van der Waals surface area contributed by atoms with Crippen molar-refractivity contribution in [1.29, 1.82) is 0 Å². The van der Waals surface area contributed by atoms with Crippen LogP contribution in [0, 0.1) is 0 Å². The molecule has 0 radical (unpaired) electrons. The molecule has 0 fully saturated rings. The van der Waals surface area contributed by atoms with E-state index in [0.29, 0.717) is 17.1 Å². The van der Waals surface area contributed by atoms with Gasteiger partial charge in [-0.2, -0.15) is 0 Å². The van der Waals surface area contributed by atoms with Gasteiger partial charge in [-0.3, -0.25) is 9.59 Å². The molecule has 0 unspecified atom stereocenters. The van der Waals surface area contributed by atoms with Crippen molar-refractivity contribution in [2.45, 2.75) is 19.1 Å². The average molecular weight is 403 g/mol. The molecule has 8 nitrogen and oxygen atoms in total. The van der Waals surface area contributed by atoms with E-state index in [2.05, 4.69) is 5.32 Å². The van der Waals surface area contributed by atoms with Crippen molar-refractivity contribution in [3.63, 3.8) is 0 Å². The van der Waals surface area contributed by atoms with Crippen molar-refractivity contribution in [2.24, 2.45) is 0 Å². The van der Waals surface area contributed by atoms with Crippen LogP contribution in [0.15, 0.2) is 42.5 Å². The predicted molar refractivity (Wildman–Crippen MR) is 105 cm³/mol. The van der Waals surface area contributed by atoms with Gasteiger partial charge in [-0.15, -0.1) is 0 Å². The summed E-state index contributed by atoms with van der Waals surface area (Å²) in [7, 11) is 4.58. The standard InChI is InChI=1S/C21H25NO7/c1-26-16-7-4-14(5-8-16)12-29-13-20(23)22-17(11-21(24)25)15-6-9-18(27-2)19(10-15)28-3/h4-10,17H,11-13H2,1-3H3,(H,22,23)(H,24,25)/t17-/m1/s1. The first kappa shape index (κ1) is 22.0. The summed E-state index contributed by atoms with van der Waals surface area (Å²) in [6.45, 7) is 0.0484. The summed E-state index contributed by atoms with van der Waals surface area (Å²) in [5, 5.41) is 11.9. The minimum absolute atomic E-state index is 0.199. The van der Waals surface area contributed by atoms with Crippen molar-refractivity contribution < 1.29 is 33.6 Å². The third-order valence-electron chi connectivity index (χ3n) is 4.18. The molecule has 0 bridgehead atoms. The molecule has 8 heteroatoms. The van der Waals surface area contributed by atoms with E-state index in [-0.39, 0.29) is 19.6 Å². The number of hydrogen-bond donors (Lipinski definition) is 2. The van der Waals surface area contributed by atoms with Crippen LogP contribution in [0.3, 0.4) is 0 Å². The van der Waals surface area contributed by atoms with E-state index < -0.39 is 17.9 Å². The number of carboxylic acid groups (broad SMARTS) is 1. The number of amides is 1. The molecule has 0 spiro atoms. The predicted octanol–water partition coefficient (Wildman–Crippen LogP) is 2.56. The van der Waals surface area contributed by atoms with E-state index in [1.54, 1.807) is 37.4 Å². The first-order valence-electron chi connectivity index (χ1n) is 8.90. The number of hydrogen-bond acceptors (Lipinski definition) is 6. The van der Waals surface area contributed by atoms with Gasteiger partial charge in [0.1, 0.15) is 12.4 Å². The average Bonchev–Trinajstić information content (AvgIpc) is 2.73. The van der Waals surface area contributed by atoms with Crippen LogP contribution in [-0.2, 0) is 20.9 Å². The van der Waals surface area contributed by atoms with Gasteiger partial charge in [0.15, 0.2) is 11.5 Å². The largest absolute Gasteiger partial charge is 0.497 e. The van der Waals surface area contributed by atoms with Gasteiger partial charge in [0.2, 0.25) is 5.91 Å². The summed E-state index contributed by atoms with van der Waals surface area (Å²) in [5.74, 6) is 0.242. The molecule has 1 atom stereocenters. The summed E-state index contributed by atoms with van der Waals surface area (Å²) in [6.07, 6.45) is -0.278. The summed E-state index contributed by atoms with van der Waals surface area (Å²) in [6, 6.07) is 11.6. The molecule has 2 aromatic rings. The van der Waals surface area contributed by atoms with Crippen LogP contribution in [0.2, 0.25) is 0 Å². The van der Waals surface area contributed by atoms with Gasteiger partial charge in [0.05, 0.1) is 40.4 Å². The molecule has 0 aliphatic heterocycles. The highest BCUT2D eigenvalue weighted by Gasteiger charge is 2.20. The molecule has 0 aliphatic carbocycles. The Balaban J connectivity index is 1.98. The fraction of sp³-hybridized carbons (Fsp3) is 0.333. The van der Waals surface area contributed by atoms with Crippen LogP contribution in [0.5, 0.6) is 17.2 Å². The van der Waals surface area contributed by atoms with Crippen LogP contribution in [0.25, 0.3) is 0 Å². The Morgan fingerprint density at radius 2 is 1.66 bits per heavy atom. The second-order valence-electron chi connectivity index (χ2n) is 6.17. The lowest BCUT2D eigenvalue weighted by Crippen LogP contribution is -2.33. The summed E-state index contributed by atoms with van der Waals surface area (Å²) in [5.41, 5.74) is 1.48. The van der Waals surface area contributed by atoms with Gasteiger partial charge >= 0.3 is 5.97 Å². The molecule has 1 amide bonds. The lowest BCUT2D eigenvalue weighted by atomic mass is 10.0. The van der Waals surface area contributed by atoms with Gasteiger partial charge in [-0.05, 0) is 35.4 Å². The monoisotopic (exact) mass is 403 g/mol. The number of methoxy groups -OCH3 is 3. The van der Waals surface area contributed by atoms with Crippen molar-refractivity contribution >= 4 is 11.9 Å². The Kier molecular flexibility index (Phi) is 8.29. The second kappa shape index (κ2) is 10.9. The fourth-order valence-electron chi connectivity index (χ4n) is 2.72. The first-order valence-corrected chi connectivity index (χ1v) is 8.90. The molecule has 0 saturated carbocycles. The van der Waals surface area contributed by atoms with Gasteiger partial charge in [0, 0.05) is 0 Å². The Hall–Kier alpha value is -3.26. The van der Waals surface area contributed by atoms with Crippen LogP contribution in [-0.4, -0.2) is 44.9 Å². The van der Waals surface area contributed by atoms with E-state index in [1.165, 1.54) is 14.2 Å². The molecule has 2 N–H and O–H groups in total. The van der Waals surface area contributed by atoms with Gasteiger partial charge in [-0.1, -0.05) is 18.2 Å². The maximum absolute atomic E-state index is 12.3. The van der Waals surface area contributed by atoms with Crippen LogP contribution < -0.4 is 19.5 Å². The smallest absolute Gasteiger partial charge is 0.305 e. The van der Waals surface area contributed by atoms with E-state index in [4.69, 9.17) is 18.9 Å². The molecule has 0 saturated heterocycles.